The molecule has 2 aromatic heterocycles. The van der Waals surface area contributed by atoms with Gasteiger partial charge >= 0.3 is 6.18 Å². The second-order valence-electron chi connectivity index (χ2n) is 8.78. The molecule has 0 amide bonds. The van der Waals surface area contributed by atoms with Gasteiger partial charge in [0.25, 0.3) is 5.56 Å². The second kappa shape index (κ2) is 9.58. The van der Waals surface area contributed by atoms with E-state index in [1.165, 1.54) is 10.6 Å². The third kappa shape index (κ3) is 4.87. The van der Waals surface area contributed by atoms with Crippen LogP contribution in [-0.4, -0.2) is 26.1 Å². The molecule has 1 aliphatic rings. The van der Waals surface area contributed by atoms with E-state index in [4.69, 9.17) is 4.98 Å². The van der Waals surface area contributed by atoms with Crippen LogP contribution in [0.15, 0.2) is 83.8 Å². The summed E-state index contributed by atoms with van der Waals surface area (Å²) in [6.07, 6.45) is -2.38. The van der Waals surface area contributed by atoms with Gasteiger partial charge in [-0.3, -0.25) is 24.1 Å². The molecule has 184 valence electrons. The van der Waals surface area contributed by atoms with Crippen LogP contribution in [0.3, 0.4) is 0 Å². The number of alkyl halides is 3. The second-order valence-corrected chi connectivity index (χ2v) is 8.78. The van der Waals surface area contributed by atoms with Gasteiger partial charge in [0.15, 0.2) is 0 Å². The summed E-state index contributed by atoms with van der Waals surface area (Å²) in [5.74, 6) is 0.325. The summed E-state index contributed by atoms with van der Waals surface area (Å²) < 4.78 is 42.0. The lowest BCUT2D eigenvalue weighted by Crippen LogP contribution is -2.47. The van der Waals surface area contributed by atoms with Crippen molar-refractivity contribution in [1.82, 2.24) is 19.4 Å². The SMILES string of the molecule is Cc1nc2n(c(=O)c1Cc1ccccc1)CN(Cc1ccccn1)CN2c1cccc(C(F)(F)F)c1. The van der Waals surface area contributed by atoms with E-state index in [-0.39, 0.29) is 18.9 Å². The molecule has 0 atom stereocenters. The molecule has 0 unspecified atom stereocenters. The fourth-order valence-corrected chi connectivity index (χ4v) is 4.40. The van der Waals surface area contributed by atoms with Crippen molar-refractivity contribution in [2.75, 3.05) is 11.6 Å². The van der Waals surface area contributed by atoms with Gasteiger partial charge in [0.1, 0.15) is 0 Å². The average molecular weight is 492 g/mol. The first-order valence-corrected chi connectivity index (χ1v) is 11.5. The highest BCUT2D eigenvalue weighted by Crippen LogP contribution is 2.34. The summed E-state index contributed by atoms with van der Waals surface area (Å²) in [6.45, 7) is 2.69. The minimum Gasteiger partial charge on any atom is -0.298 e. The molecule has 5 rings (SSSR count). The van der Waals surface area contributed by atoms with Gasteiger partial charge in [-0.2, -0.15) is 13.2 Å². The molecular weight excluding hydrogens is 467 g/mol. The zero-order chi connectivity index (χ0) is 25.3. The summed E-state index contributed by atoms with van der Waals surface area (Å²) in [6, 6.07) is 20.3. The minimum absolute atomic E-state index is 0.205. The summed E-state index contributed by atoms with van der Waals surface area (Å²) in [5, 5.41) is 0. The third-order valence-electron chi connectivity index (χ3n) is 6.19. The van der Waals surface area contributed by atoms with Crippen molar-refractivity contribution < 1.29 is 13.2 Å². The number of aryl methyl sites for hydroxylation is 1. The smallest absolute Gasteiger partial charge is 0.298 e. The van der Waals surface area contributed by atoms with Gasteiger partial charge in [0, 0.05) is 30.4 Å². The monoisotopic (exact) mass is 491 g/mol. The zero-order valence-corrected chi connectivity index (χ0v) is 19.6. The Morgan fingerprint density at radius 2 is 1.72 bits per heavy atom. The van der Waals surface area contributed by atoms with E-state index in [0.29, 0.717) is 35.9 Å². The van der Waals surface area contributed by atoms with Crippen molar-refractivity contribution in [3.63, 3.8) is 0 Å². The van der Waals surface area contributed by atoms with Gasteiger partial charge in [-0.25, -0.2) is 4.98 Å². The molecule has 0 saturated heterocycles. The maximum absolute atomic E-state index is 13.7. The van der Waals surface area contributed by atoms with Gasteiger partial charge < -0.3 is 0 Å². The Balaban J connectivity index is 1.60. The summed E-state index contributed by atoms with van der Waals surface area (Å²) >= 11 is 0. The first kappa shape index (κ1) is 23.7. The summed E-state index contributed by atoms with van der Waals surface area (Å²) in [7, 11) is 0. The predicted octanol–water partition coefficient (Wildman–Crippen LogP) is 5.13. The maximum atomic E-state index is 13.7. The quantitative estimate of drug-likeness (QED) is 0.388. The van der Waals surface area contributed by atoms with E-state index in [0.717, 1.165) is 23.4 Å². The molecule has 0 radical (unpaired) electrons. The molecule has 1 aliphatic heterocycles. The van der Waals surface area contributed by atoms with Crippen molar-refractivity contribution in [2.24, 2.45) is 0 Å². The molecule has 0 saturated carbocycles. The van der Waals surface area contributed by atoms with Crippen molar-refractivity contribution in [3.8, 4) is 0 Å². The van der Waals surface area contributed by atoms with Crippen LogP contribution in [0.2, 0.25) is 0 Å². The van der Waals surface area contributed by atoms with Crippen molar-refractivity contribution in [2.45, 2.75) is 32.7 Å². The normalized spacial score (nSPS) is 14.1. The lowest BCUT2D eigenvalue weighted by atomic mass is 10.1. The minimum atomic E-state index is -4.48. The highest BCUT2D eigenvalue weighted by Gasteiger charge is 2.33. The number of nitrogens with zero attached hydrogens (tertiary/aromatic N) is 5. The molecule has 2 aromatic carbocycles. The molecule has 0 aliphatic carbocycles. The number of aromatic nitrogens is 3. The topological polar surface area (TPSA) is 54.3 Å². The van der Waals surface area contributed by atoms with E-state index in [1.54, 1.807) is 24.1 Å². The Hall–Kier alpha value is -3.98. The van der Waals surface area contributed by atoms with Gasteiger partial charge in [-0.05, 0) is 42.8 Å². The molecule has 36 heavy (non-hydrogen) atoms. The first-order chi connectivity index (χ1) is 17.3. The van der Waals surface area contributed by atoms with Crippen molar-refractivity contribution in [1.29, 1.82) is 0 Å². The van der Waals surface area contributed by atoms with Crippen LogP contribution in [-0.2, 0) is 25.8 Å². The standard InChI is InChI=1S/C27H24F3N5O/c1-19-24(14-20-8-3-2-4-9-20)25(36)35-18-33(16-22-11-5-6-13-31-22)17-34(26(35)32-19)23-12-7-10-21(15-23)27(28,29)30/h2-13,15H,14,16-18H2,1H3. The van der Waals surface area contributed by atoms with Gasteiger partial charge in [0.2, 0.25) is 5.95 Å². The zero-order valence-electron chi connectivity index (χ0n) is 19.6. The van der Waals surface area contributed by atoms with Gasteiger partial charge in [0.05, 0.1) is 30.3 Å². The lowest BCUT2D eigenvalue weighted by molar-refractivity contribution is -0.137. The summed E-state index contributed by atoms with van der Waals surface area (Å²) in [4.78, 5) is 26.4. The van der Waals surface area contributed by atoms with E-state index in [2.05, 4.69) is 4.98 Å². The number of pyridine rings is 1. The van der Waals surface area contributed by atoms with E-state index in [1.807, 2.05) is 53.4 Å². The maximum Gasteiger partial charge on any atom is 0.416 e. The number of hydrogen-bond donors (Lipinski definition) is 0. The van der Waals surface area contributed by atoms with Crippen molar-refractivity contribution >= 4 is 11.6 Å². The fourth-order valence-electron chi connectivity index (χ4n) is 4.40. The van der Waals surface area contributed by atoms with E-state index in [9.17, 15) is 18.0 Å². The van der Waals surface area contributed by atoms with Crippen molar-refractivity contribution in [3.05, 3.63) is 117 Å². The molecule has 6 nitrogen and oxygen atoms in total. The Kier molecular flexibility index (Phi) is 6.32. The van der Waals surface area contributed by atoms with Crippen LogP contribution in [0.1, 0.15) is 28.1 Å². The molecular formula is C27H24F3N5O. The fraction of sp³-hybridized carbons (Fsp3) is 0.222. The lowest BCUT2D eigenvalue weighted by Gasteiger charge is -2.38. The number of halogens is 3. The number of benzene rings is 2. The Bertz CT molecular complexity index is 1420. The first-order valence-electron chi connectivity index (χ1n) is 11.5. The molecule has 0 fully saturated rings. The molecule has 4 aromatic rings. The highest BCUT2D eigenvalue weighted by atomic mass is 19.4. The highest BCUT2D eigenvalue weighted by molar-refractivity contribution is 5.60. The number of fused-ring (bicyclic) bond motifs is 1. The van der Waals surface area contributed by atoms with E-state index < -0.39 is 11.7 Å². The van der Waals surface area contributed by atoms with Crippen LogP contribution >= 0.6 is 0 Å². The van der Waals surface area contributed by atoms with E-state index >= 15 is 0 Å². The average Bonchev–Trinajstić information content (AvgIpc) is 2.87. The number of anilines is 2. The molecule has 0 N–H and O–H groups in total. The Morgan fingerprint density at radius 3 is 2.44 bits per heavy atom. The van der Waals surface area contributed by atoms with Crippen LogP contribution in [0, 0.1) is 6.92 Å². The van der Waals surface area contributed by atoms with Crippen LogP contribution in [0.25, 0.3) is 0 Å². The Labute approximate surface area is 206 Å². The van der Waals surface area contributed by atoms with Crippen LogP contribution < -0.4 is 10.5 Å². The molecule has 9 heteroatoms. The predicted molar refractivity (Wildman–Crippen MR) is 131 cm³/mol. The summed E-state index contributed by atoms with van der Waals surface area (Å²) in [5.41, 5.74) is 2.25. The molecule has 0 bridgehead atoms. The van der Waals surface area contributed by atoms with Gasteiger partial charge in [-0.15, -0.1) is 0 Å². The number of rotatable bonds is 5. The largest absolute Gasteiger partial charge is 0.416 e. The third-order valence-corrected chi connectivity index (χ3v) is 6.19. The molecule has 0 spiro atoms. The van der Waals surface area contributed by atoms with Crippen LogP contribution in [0.5, 0.6) is 0 Å². The molecule has 3 heterocycles. The van der Waals surface area contributed by atoms with Crippen LogP contribution in [0.4, 0.5) is 24.8 Å². The Morgan fingerprint density at radius 1 is 0.944 bits per heavy atom. The van der Waals surface area contributed by atoms with Gasteiger partial charge in [-0.1, -0.05) is 42.5 Å². The number of hydrogen-bond acceptors (Lipinski definition) is 5.